The number of halogens is 5. The average Bonchev–Trinajstić information content (AvgIpc) is 2.54. The first-order valence-corrected chi connectivity index (χ1v) is 5.45. The molecule has 1 fully saturated rings. The van der Waals surface area contributed by atoms with Crippen LogP contribution in [0.4, 0.5) is 22.0 Å². The molecule has 19 heavy (non-hydrogen) atoms. The minimum absolute atomic E-state index is 0.0639. The van der Waals surface area contributed by atoms with Crippen molar-refractivity contribution >= 4 is 11.9 Å². The minimum Gasteiger partial charge on any atom is -0.480 e. The molecule has 1 unspecified atom stereocenters. The predicted octanol–water partition coefficient (Wildman–Crippen LogP) is 1.90. The van der Waals surface area contributed by atoms with Gasteiger partial charge in [0.15, 0.2) is 0 Å². The Labute approximate surface area is 105 Å². The van der Waals surface area contributed by atoms with Gasteiger partial charge in [-0.1, -0.05) is 0 Å². The Hall–Kier alpha value is -1.41. The molecule has 1 aliphatic rings. The van der Waals surface area contributed by atoms with Crippen LogP contribution < -0.4 is 0 Å². The average molecular weight is 289 g/mol. The van der Waals surface area contributed by atoms with Crippen molar-refractivity contribution in [3.63, 3.8) is 0 Å². The molecule has 110 valence electrons. The van der Waals surface area contributed by atoms with Crippen molar-refractivity contribution in [3.8, 4) is 0 Å². The first-order chi connectivity index (χ1) is 8.50. The van der Waals surface area contributed by atoms with E-state index < -0.39 is 55.8 Å². The van der Waals surface area contributed by atoms with E-state index in [1.165, 1.54) is 0 Å². The topological polar surface area (TPSA) is 57.6 Å². The van der Waals surface area contributed by atoms with E-state index in [9.17, 15) is 31.5 Å². The van der Waals surface area contributed by atoms with Gasteiger partial charge in [-0.15, -0.1) is 0 Å². The number of amides is 1. The Morgan fingerprint density at radius 3 is 2.26 bits per heavy atom. The lowest BCUT2D eigenvalue weighted by molar-refractivity contribution is -0.168. The second kappa shape index (κ2) is 5.30. The van der Waals surface area contributed by atoms with Gasteiger partial charge >= 0.3 is 12.1 Å². The summed E-state index contributed by atoms with van der Waals surface area (Å²) in [5.41, 5.74) is 0. The first kappa shape index (κ1) is 15.6. The quantitative estimate of drug-likeness (QED) is 0.804. The zero-order chi connectivity index (χ0) is 14.8. The molecule has 0 aromatic heterocycles. The van der Waals surface area contributed by atoms with Crippen LogP contribution in [0.2, 0.25) is 0 Å². The van der Waals surface area contributed by atoms with Crippen molar-refractivity contribution in [2.75, 3.05) is 13.1 Å². The van der Waals surface area contributed by atoms with Gasteiger partial charge in [-0.25, -0.2) is 8.78 Å². The second-order valence-electron chi connectivity index (χ2n) is 4.50. The summed E-state index contributed by atoms with van der Waals surface area (Å²) in [4.78, 5) is 22.2. The summed E-state index contributed by atoms with van der Waals surface area (Å²) in [6.07, 6.45) is -6.41. The number of aliphatic carboxylic acids is 1. The van der Waals surface area contributed by atoms with E-state index >= 15 is 0 Å². The molecule has 0 radical (unpaired) electrons. The number of alkyl halides is 5. The summed E-state index contributed by atoms with van der Waals surface area (Å²) in [6, 6.07) is 0. The van der Waals surface area contributed by atoms with Gasteiger partial charge in [0.25, 0.3) is 0 Å². The molecule has 1 rings (SSSR count). The Morgan fingerprint density at radius 2 is 1.89 bits per heavy atom. The normalized spacial score (nSPS) is 22.3. The third-order valence-electron chi connectivity index (χ3n) is 2.76. The molecular formula is C10H12F5NO3. The van der Waals surface area contributed by atoms with Gasteiger partial charge in [-0.05, 0) is 6.42 Å². The van der Waals surface area contributed by atoms with Crippen LogP contribution in [-0.4, -0.2) is 47.1 Å². The molecule has 1 aliphatic carbocycles. The lowest BCUT2D eigenvalue weighted by Gasteiger charge is -2.25. The lowest BCUT2D eigenvalue weighted by Crippen LogP contribution is -2.44. The van der Waals surface area contributed by atoms with Gasteiger partial charge in [0.1, 0.15) is 13.1 Å². The Morgan fingerprint density at radius 1 is 1.32 bits per heavy atom. The number of carboxylic acids is 1. The molecule has 0 bridgehead atoms. The molecule has 9 heteroatoms. The summed E-state index contributed by atoms with van der Waals surface area (Å²) in [6.45, 7) is -2.90. The predicted molar refractivity (Wildman–Crippen MR) is 52.6 cm³/mol. The van der Waals surface area contributed by atoms with Crippen molar-refractivity contribution in [1.82, 2.24) is 4.90 Å². The fraction of sp³-hybridized carbons (Fsp3) is 0.800. The third kappa shape index (κ3) is 4.99. The largest absolute Gasteiger partial charge is 0.480 e. The van der Waals surface area contributed by atoms with Crippen LogP contribution in [0.1, 0.15) is 19.3 Å². The van der Waals surface area contributed by atoms with Gasteiger partial charge in [0.2, 0.25) is 11.8 Å². The van der Waals surface area contributed by atoms with Crippen molar-refractivity contribution < 1.29 is 36.6 Å². The number of hydrogen-bond donors (Lipinski definition) is 1. The van der Waals surface area contributed by atoms with Gasteiger partial charge < -0.3 is 10.0 Å². The minimum atomic E-state index is -4.77. The Kier molecular flexibility index (Phi) is 4.36. The zero-order valence-electron chi connectivity index (χ0n) is 9.71. The van der Waals surface area contributed by atoms with Crippen molar-refractivity contribution in [1.29, 1.82) is 0 Å². The molecule has 0 aliphatic heterocycles. The van der Waals surface area contributed by atoms with Crippen molar-refractivity contribution in [2.45, 2.75) is 31.4 Å². The van der Waals surface area contributed by atoms with Crippen LogP contribution in [-0.2, 0) is 9.59 Å². The molecule has 0 aromatic carbocycles. The van der Waals surface area contributed by atoms with Gasteiger partial charge in [0, 0.05) is 18.8 Å². The maximum absolute atomic E-state index is 12.9. The van der Waals surface area contributed by atoms with Crippen LogP contribution >= 0.6 is 0 Å². The standard InChI is InChI=1S/C10H12F5NO3/c11-9(12)2-1-6(3-9)8(19)16(4-7(17)18)5-10(13,14)15/h6H,1-5H2,(H,17,18). The summed E-state index contributed by atoms with van der Waals surface area (Å²) in [5.74, 6) is -7.14. The highest BCUT2D eigenvalue weighted by molar-refractivity contribution is 5.83. The Balaban J connectivity index is 2.74. The molecule has 1 atom stereocenters. The van der Waals surface area contributed by atoms with E-state index in [2.05, 4.69) is 0 Å². The molecule has 1 amide bonds. The number of rotatable bonds is 4. The smallest absolute Gasteiger partial charge is 0.406 e. The number of carbonyl (C=O) groups is 2. The molecule has 0 aromatic rings. The highest BCUT2D eigenvalue weighted by Gasteiger charge is 2.45. The number of nitrogens with zero attached hydrogens (tertiary/aromatic N) is 1. The fourth-order valence-electron chi connectivity index (χ4n) is 2.01. The van der Waals surface area contributed by atoms with Crippen molar-refractivity contribution in [3.05, 3.63) is 0 Å². The molecule has 0 spiro atoms. The lowest BCUT2D eigenvalue weighted by atomic mass is 10.1. The maximum Gasteiger partial charge on any atom is 0.406 e. The van der Waals surface area contributed by atoms with Gasteiger partial charge in [-0.3, -0.25) is 9.59 Å². The molecule has 0 heterocycles. The summed E-state index contributed by atoms with van der Waals surface area (Å²) in [7, 11) is 0. The van der Waals surface area contributed by atoms with E-state index in [1.54, 1.807) is 0 Å². The van der Waals surface area contributed by atoms with E-state index in [-0.39, 0.29) is 11.3 Å². The third-order valence-corrected chi connectivity index (χ3v) is 2.76. The Bertz CT molecular complexity index is 369. The molecular weight excluding hydrogens is 277 g/mol. The van der Waals surface area contributed by atoms with Crippen LogP contribution in [0.15, 0.2) is 0 Å². The number of carbonyl (C=O) groups excluding carboxylic acids is 1. The van der Waals surface area contributed by atoms with Crippen LogP contribution in [0.25, 0.3) is 0 Å². The fourth-order valence-corrected chi connectivity index (χ4v) is 2.01. The SMILES string of the molecule is O=C(O)CN(CC(F)(F)F)C(=O)C1CCC(F)(F)C1. The van der Waals surface area contributed by atoms with Gasteiger partial charge in [0.05, 0.1) is 0 Å². The maximum atomic E-state index is 12.9. The number of hydrogen-bond acceptors (Lipinski definition) is 2. The van der Waals surface area contributed by atoms with Crippen LogP contribution in [0.3, 0.4) is 0 Å². The summed E-state index contributed by atoms with van der Waals surface area (Å²) in [5, 5.41) is 8.47. The highest BCUT2D eigenvalue weighted by atomic mass is 19.4. The molecule has 0 saturated heterocycles. The van der Waals surface area contributed by atoms with E-state index in [0.29, 0.717) is 0 Å². The van der Waals surface area contributed by atoms with Crippen LogP contribution in [0.5, 0.6) is 0 Å². The van der Waals surface area contributed by atoms with Crippen molar-refractivity contribution in [2.24, 2.45) is 5.92 Å². The molecule has 4 nitrogen and oxygen atoms in total. The first-order valence-electron chi connectivity index (χ1n) is 5.45. The highest BCUT2D eigenvalue weighted by Crippen LogP contribution is 2.39. The molecule has 1 saturated carbocycles. The number of carboxylic acid groups (broad SMARTS) is 1. The van der Waals surface area contributed by atoms with Gasteiger partial charge in [-0.2, -0.15) is 13.2 Å². The summed E-state index contributed by atoms with van der Waals surface area (Å²) < 4.78 is 62.5. The monoisotopic (exact) mass is 289 g/mol. The summed E-state index contributed by atoms with van der Waals surface area (Å²) >= 11 is 0. The zero-order valence-corrected chi connectivity index (χ0v) is 9.71. The van der Waals surface area contributed by atoms with Crippen LogP contribution in [0, 0.1) is 5.92 Å². The second-order valence-corrected chi connectivity index (χ2v) is 4.50. The van der Waals surface area contributed by atoms with E-state index in [1.807, 2.05) is 0 Å². The van der Waals surface area contributed by atoms with E-state index in [4.69, 9.17) is 5.11 Å². The molecule has 1 N–H and O–H groups in total. The van der Waals surface area contributed by atoms with E-state index in [0.717, 1.165) is 0 Å².